The maximum atomic E-state index is 9.77. The van der Waals surface area contributed by atoms with Gasteiger partial charge in [0.05, 0.1) is 17.1 Å². The largest absolute Gasteiger partial charge is 0.454 e. The van der Waals surface area contributed by atoms with Crippen molar-refractivity contribution < 1.29 is 9.47 Å². The number of nitriles is 1. The number of hydrogen-bond acceptors (Lipinski definition) is 7. The number of nitrogens with one attached hydrogen (secondary N) is 1. The molecular weight excluding hydrogens is 404 g/mol. The van der Waals surface area contributed by atoms with Crippen molar-refractivity contribution in [3.8, 4) is 40.1 Å². The fraction of sp³-hybridized carbons (Fsp3) is 0.286. The van der Waals surface area contributed by atoms with E-state index < -0.39 is 0 Å². The van der Waals surface area contributed by atoms with E-state index in [9.17, 15) is 5.26 Å². The molecule has 0 bridgehead atoms. The van der Waals surface area contributed by atoms with Crippen molar-refractivity contribution in [3.05, 3.63) is 41.1 Å². The lowest BCUT2D eigenvalue weighted by Crippen LogP contribution is -2.11. The quantitative estimate of drug-likeness (QED) is 0.650. The number of ether oxygens (including phenoxy) is 2. The van der Waals surface area contributed by atoms with Crippen LogP contribution in [0.15, 0.2) is 24.3 Å². The first kappa shape index (κ1) is 20.0. The van der Waals surface area contributed by atoms with E-state index in [1.165, 1.54) is 0 Å². The molecular formula is C21H21ClN6O2. The Morgan fingerprint density at radius 2 is 2.07 bits per heavy atom. The highest BCUT2D eigenvalue weighted by Crippen LogP contribution is 2.39. The molecule has 2 aliphatic heterocycles. The highest BCUT2D eigenvalue weighted by molar-refractivity contribution is 5.85. The summed E-state index contributed by atoms with van der Waals surface area (Å²) in [4.78, 5) is 4.53. The van der Waals surface area contributed by atoms with E-state index in [2.05, 4.69) is 16.4 Å². The van der Waals surface area contributed by atoms with Crippen LogP contribution in [0, 0.1) is 18.3 Å². The van der Waals surface area contributed by atoms with Crippen molar-refractivity contribution in [2.75, 3.05) is 19.1 Å². The number of nitrogens with zero attached hydrogens (tertiary/aromatic N) is 4. The summed E-state index contributed by atoms with van der Waals surface area (Å²) in [6.45, 7) is 4.73. The lowest BCUT2D eigenvalue weighted by molar-refractivity contribution is 0.174. The van der Waals surface area contributed by atoms with Crippen LogP contribution in [0.2, 0.25) is 0 Å². The number of aromatic nitrogens is 3. The minimum atomic E-state index is 0. The summed E-state index contributed by atoms with van der Waals surface area (Å²) >= 11 is 0. The molecule has 0 aliphatic carbocycles. The second kappa shape index (κ2) is 7.86. The molecule has 0 saturated heterocycles. The summed E-state index contributed by atoms with van der Waals surface area (Å²) < 4.78 is 12.9. The highest BCUT2D eigenvalue weighted by atomic mass is 35.5. The van der Waals surface area contributed by atoms with Gasteiger partial charge >= 0.3 is 0 Å². The molecule has 1 aromatic carbocycles. The Morgan fingerprint density at radius 3 is 2.90 bits per heavy atom. The Labute approximate surface area is 180 Å². The molecule has 2 aromatic heterocycles. The summed E-state index contributed by atoms with van der Waals surface area (Å²) in [6.07, 6.45) is 1.01. The van der Waals surface area contributed by atoms with Crippen molar-refractivity contribution in [2.45, 2.75) is 26.4 Å². The molecule has 0 spiro atoms. The summed E-state index contributed by atoms with van der Waals surface area (Å²) in [6, 6.07) is 9.92. The topological polar surface area (TPSA) is 111 Å². The van der Waals surface area contributed by atoms with Crippen LogP contribution in [0.25, 0.3) is 22.5 Å². The van der Waals surface area contributed by atoms with E-state index in [-0.39, 0.29) is 25.0 Å². The number of anilines is 1. The van der Waals surface area contributed by atoms with Gasteiger partial charge in [0.2, 0.25) is 6.79 Å². The zero-order valence-corrected chi connectivity index (χ0v) is 17.3. The lowest BCUT2D eigenvalue weighted by atomic mass is 9.95. The Kier molecular flexibility index (Phi) is 5.24. The second-order valence-corrected chi connectivity index (χ2v) is 7.17. The molecule has 0 radical (unpaired) electrons. The average Bonchev–Trinajstić information content (AvgIpc) is 3.30. The van der Waals surface area contributed by atoms with Crippen LogP contribution >= 0.6 is 12.4 Å². The molecule has 3 N–H and O–H groups in total. The minimum Gasteiger partial charge on any atom is -0.454 e. The molecule has 0 unspecified atom stereocenters. The molecule has 0 atom stereocenters. The van der Waals surface area contributed by atoms with Crippen molar-refractivity contribution >= 4 is 18.2 Å². The smallest absolute Gasteiger partial charge is 0.231 e. The van der Waals surface area contributed by atoms with Gasteiger partial charge in [-0.05, 0) is 49.7 Å². The van der Waals surface area contributed by atoms with E-state index in [4.69, 9.17) is 20.3 Å². The third kappa shape index (κ3) is 3.22. The maximum Gasteiger partial charge on any atom is 0.231 e. The Morgan fingerprint density at radius 1 is 1.23 bits per heavy atom. The molecule has 0 saturated carbocycles. The summed E-state index contributed by atoms with van der Waals surface area (Å²) in [7, 11) is 0. The first-order valence-electron chi connectivity index (χ1n) is 9.53. The normalized spacial score (nSPS) is 14.4. The van der Waals surface area contributed by atoms with Gasteiger partial charge in [0, 0.05) is 24.2 Å². The minimum absolute atomic E-state index is 0. The third-order valence-corrected chi connectivity index (χ3v) is 5.38. The maximum absolute atomic E-state index is 9.77. The monoisotopic (exact) mass is 424 g/mol. The molecule has 0 amide bonds. The second-order valence-electron chi connectivity index (χ2n) is 7.17. The van der Waals surface area contributed by atoms with Crippen LogP contribution < -0.4 is 20.5 Å². The number of nitrogens with two attached hydrogens (primary N) is 1. The third-order valence-electron chi connectivity index (χ3n) is 5.38. The fourth-order valence-electron chi connectivity index (χ4n) is 3.94. The van der Waals surface area contributed by atoms with Crippen molar-refractivity contribution in [1.82, 2.24) is 20.1 Å². The van der Waals surface area contributed by atoms with Gasteiger partial charge in [0.15, 0.2) is 11.5 Å². The van der Waals surface area contributed by atoms with Crippen LogP contribution in [0.1, 0.15) is 23.2 Å². The molecule has 5 rings (SSSR count). The molecule has 154 valence electrons. The van der Waals surface area contributed by atoms with Gasteiger partial charge < -0.3 is 20.5 Å². The van der Waals surface area contributed by atoms with Crippen LogP contribution in [0.3, 0.4) is 0 Å². The molecule has 8 nitrogen and oxygen atoms in total. The summed E-state index contributed by atoms with van der Waals surface area (Å²) in [5.41, 5.74) is 11.5. The van der Waals surface area contributed by atoms with E-state index in [1.807, 2.05) is 35.9 Å². The molecule has 0 fully saturated rings. The van der Waals surface area contributed by atoms with Gasteiger partial charge in [0.25, 0.3) is 0 Å². The first-order valence-corrected chi connectivity index (χ1v) is 9.53. The average molecular weight is 425 g/mol. The van der Waals surface area contributed by atoms with Crippen LogP contribution in [-0.4, -0.2) is 28.1 Å². The van der Waals surface area contributed by atoms with Crippen LogP contribution in [0.4, 0.5) is 5.82 Å². The number of nitrogen functional groups attached to an aromatic ring is 1. The standard InChI is InChI=1S/C21H20N6O2.ClH/c1-12-19(16-8-14-10-24-5-2-6-27(14)26-16)15(9-22)21(23)25-20(12)13-3-4-17-18(7-13)29-11-28-17;/h3-4,7-8,24H,2,5-6,10-11H2,1H3,(H2,23,25);1H. The molecule has 4 heterocycles. The predicted molar refractivity (Wildman–Crippen MR) is 114 cm³/mol. The van der Waals surface area contributed by atoms with Gasteiger partial charge in [-0.25, -0.2) is 4.98 Å². The number of pyridine rings is 1. The molecule has 2 aliphatic rings. The zero-order chi connectivity index (χ0) is 20.0. The predicted octanol–water partition coefficient (Wildman–Crippen LogP) is 3.02. The number of aryl methyl sites for hydroxylation is 1. The first-order chi connectivity index (χ1) is 14.2. The van der Waals surface area contributed by atoms with Gasteiger partial charge in [-0.2, -0.15) is 10.4 Å². The van der Waals surface area contributed by atoms with Gasteiger partial charge in [0.1, 0.15) is 17.5 Å². The Balaban J connectivity index is 0.00000218. The van der Waals surface area contributed by atoms with Crippen molar-refractivity contribution in [1.29, 1.82) is 5.26 Å². The zero-order valence-electron chi connectivity index (χ0n) is 16.4. The summed E-state index contributed by atoms with van der Waals surface area (Å²) in [5.74, 6) is 1.58. The van der Waals surface area contributed by atoms with Gasteiger partial charge in [-0.1, -0.05) is 0 Å². The van der Waals surface area contributed by atoms with E-state index in [0.717, 1.165) is 54.1 Å². The van der Waals surface area contributed by atoms with Gasteiger partial charge in [-0.15, -0.1) is 12.4 Å². The lowest BCUT2D eigenvalue weighted by Gasteiger charge is -2.14. The van der Waals surface area contributed by atoms with E-state index >= 15 is 0 Å². The number of halogens is 1. The van der Waals surface area contributed by atoms with Crippen LogP contribution in [0.5, 0.6) is 11.5 Å². The summed E-state index contributed by atoms with van der Waals surface area (Å²) in [5, 5.41) is 17.9. The fourth-order valence-corrected chi connectivity index (χ4v) is 3.94. The van der Waals surface area contributed by atoms with Gasteiger partial charge in [-0.3, -0.25) is 4.68 Å². The van der Waals surface area contributed by atoms with Crippen molar-refractivity contribution in [2.24, 2.45) is 0 Å². The number of benzene rings is 1. The van der Waals surface area contributed by atoms with E-state index in [1.54, 1.807) is 0 Å². The molecule has 3 aromatic rings. The van der Waals surface area contributed by atoms with E-state index in [0.29, 0.717) is 22.8 Å². The number of rotatable bonds is 2. The van der Waals surface area contributed by atoms with Crippen molar-refractivity contribution in [3.63, 3.8) is 0 Å². The number of fused-ring (bicyclic) bond motifs is 2. The Bertz CT molecular complexity index is 1140. The molecule has 30 heavy (non-hydrogen) atoms. The molecule has 9 heteroatoms. The Hall–Kier alpha value is -3.28. The van der Waals surface area contributed by atoms with Crippen LogP contribution in [-0.2, 0) is 13.1 Å². The highest BCUT2D eigenvalue weighted by Gasteiger charge is 2.23. The number of hydrogen-bond donors (Lipinski definition) is 2. The SMILES string of the molecule is Cc1c(-c2ccc3c(c2)OCO3)nc(N)c(C#N)c1-c1cc2n(n1)CCCNC2.Cl.